The molecule has 1 aliphatic rings. The summed E-state index contributed by atoms with van der Waals surface area (Å²) in [6.07, 6.45) is 12.0. The van der Waals surface area contributed by atoms with Gasteiger partial charge in [0.2, 0.25) is 0 Å². The number of carboxylic acid groups (broad SMARTS) is 1. The molecule has 1 rings (SSSR count). The van der Waals surface area contributed by atoms with Crippen LogP contribution in [0.4, 0.5) is 0 Å². The molecule has 0 aromatic rings. The first-order valence-electron chi connectivity index (χ1n) is 9.66. The molecule has 0 saturated heterocycles. The van der Waals surface area contributed by atoms with Crippen molar-refractivity contribution in [1.82, 2.24) is 5.32 Å². The molecule has 24 heavy (non-hydrogen) atoms. The van der Waals surface area contributed by atoms with E-state index in [0.29, 0.717) is 18.9 Å². The highest BCUT2D eigenvalue weighted by Gasteiger charge is 2.22. The van der Waals surface area contributed by atoms with E-state index < -0.39 is 12.0 Å². The Balaban J connectivity index is 0.000000922. The second-order valence-electron chi connectivity index (χ2n) is 6.51. The number of carbonyl (C=O) groups is 2. The number of esters is 1. The van der Waals surface area contributed by atoms with Gasteiger partial charge >= 0.3 is 11.9 Å². The van der Waals surface area contributed by atoms with Crippen LogP contribution in [0.25, 0.3) is 0 Å². The molecule has 1 aliphatic carbocycles. The first-order valence-corrected chi connectivity index (χ1v) is 9.66. The molecule has 1 fully saturated rings. The Labute approximate surface area is 147 Å². The van der Waals surface area contributed by atoms with Gasteiger partial charge in [-0.3, -0.25) is 14.9 Å². The molecule has 0 aromatic heterocycles. The second-order valence-corrected chi connectivity index (χ2v) is 6.51. The SMILES string of the molecule is CCCCC.CCOC(=O)[C@H](CCC1CCCCC1)NCC(=O)O. The lowest BCUT2D eigenvalue weighted by Gasteiger charge is -2.23. The van der Waals surface area contributed by atoms with E-state index in [1.807, 2.05) is 0 Å². The van der Waals surface area contributed by atoms with Crippen molar-refractivity contribution in [2.24, 2.45) is 5.92 Å². The van der Waals surface area contributed by atoms with Gasteiger partial charge < -0.3 is 9.84 Å². The molecule has 5 heteroatoms. The van der Waals surface area contributed by atoms with Crippen molar-refractivity contribution in [3.63, 3.8) is 0 Å². The summed E-state index contributed by atoms with van der Waals surface area (Å²) in [6.45, 7) is 6.31. The first kappa shape index (κ1) is 22.9. The van der Waals surface area contributed by atoms with Gasteiger partial charge in [-0.2, -0.15) is 0 Å². The summed E-state index contributed by atoms with van der Waals surface area (Å²) in [4.78, 5) is 22.3. The van der Waals surface area contributed by atoms with Crippen LogP contribution in [-0.2, 0) is 14.3 Å². The maximum absolute atomic E-state index is 11.8. The van der Waals surface area contributed by atoms with E-state index in [-0.39, 0.29) is 12.5 Å². The molecular weight excluding hydrogens is 306 g/mol. The number of hydrogen-bond acceptors (Lipinski definition) is 4. The highest BCUT2D eigenvalue weighted by molar-refractivity contribution is 5.77. The number of aliphatic carboxylic acids is 1. The maximum Gasteiger partial charge on any atom is 0.323 e. The smallest absolute Gasteiger partial charge is 0.323 e. The van der Waals surface area contributed by atoms with Gasteiger partial charge in [-0.1, -0.05) is 65.2 Å². The molecule has 0 aliphatic heterocycles. The van der Waals surface area contributed by atoms with Crippen LogP contribution in [0.15, 0.2) is 0 Å². The summed E-state index contributed by atoms with van der Waals surface area (Å²) in [5, 5.41) is 11.4. The van der Waals surface area contributed by atoms with Crippen molar-refractivity contribution < 1.29 is 19.4 Å². The van der Waals surface area contributed by atoms with Gasteiger partial charge in [-0.15, -0.1) is 0 Å². The molecule has 0 spiro atoms. The zero-order chi connectivity index (χ0) is 18.2. The molecule has 0 aromatic carbocycles. The predicted molar refractivity (Wildman–Crippen MR) is 97.1 cm³/mol. The number of hydrogen-bond donors (Lipinski definition) is 2. The molecule has 1 atom stereocenters. The fourth-order valence-corrected chi connectivity index (χ4v) is 2.99. The van der Waals surface area contributed by atoms with E-state index in [0.717, 1.165) is 6.42 Å². The molecule has 2 N–H and O–H groups in total. The quantitative estimate of drug-likeness (QED) is 0.583. The Kier molecular flexibility index (Phi) is 14.7. The number of ether oxygens (including phenoxy) is 1. The van der Waals surface area contributed by atoms with Crippen LogP contribution in [0.5, 0.6) is 0 Å². The summed E-state index contributed by atoms with van der Waals surface area (Å²) in [7, 11) is 0. The van der Waals surface area contributed by atoms with Crippen LogP contribution >= 0.6 is 0 Å². The van der Waals surface area contributed by atoms with Gasteiger partial charge in [-0.05, 0) is 25.7 Å². The molecule has 142 valence electrons. The molecule has 5 nitrogen and oxygen atoms in total. The van der Waals surface area contributed by atoms with E-state index >= 15 is 0 Å². The predicted octanol–water partition coefficient (Wildman–Crippen LogP) is 4.15. The largest absolute Gasteiger partial charge is 0.480 e. The second kappa shape index (κ2) is 15.4. The van der Waals surface area contributed by atoms with Crippen molar-refractivity contribution in [1.29, 1.82) is 0 Å². The molecular formula is C19H37NO4. The molecule has 0 unspecified atom stereocenters. The van der Waals surface area contributed by atoms with E-state index in [4.69, 9.17) is 9.84 Å². The molecule has 0 bridgehead atoms. The third kappa shape index (κ3) is 12.3. The van der Waals surface area contributed by atoms with Crippen LogP contribution in [0.1, 0.15) is 85.0 Å². The minimum atomic E-state index is -0.952. The molecule has 0 heterocycles. The fraction of sp³-hybridized carbons (Fsp3) is 0.895. The fourth-order valence-electron chi connectivity index (χ4n) is 2.99. The summed E-state index contributed by atoms with van der Waals surface area (Å²) in [5.74, 6) is -0.608. The Morgan fingerprint density at radius 1 is 1.12 bits per heavy atom. The van der Waals surface area contributed by atoms with E-state index in [1.165, 1.54) is 51.4 Å². The van der Waals surface area contributed by atoms with Gasteiger partial charge in [0, 0.05) is 0 Å². The maximum atomic E-state index is 11.8. The van der Waals surface area contributed by atoms with Crippen LogP contribution in [0.2, 0.25) is 0 Å². The van der Waals surface area contributed by atoms with Gasteiger partial charge in [-0.25, -0.2) is 0 Å². The Morgan fingerprint density at radius 2 is 1.75 bits per heavy atom. The van der Waals surface area contributed by atoms with Crippen molar-refractivity contribution in [2.45, 2.75) is 91.0 Å². The lowest BCUT2D eigenvalue weighted by atomic mass is 9.85. The van der Waals surface area contributed by atoms with Crippen molar-refractivity contribution >= 4 is 11.9 Å². The standard InChI is InChI=1S/C14H25NO4.C5H12/c1-2-19-14(18)12(15-10-13(16)17)9-8-11-6-4-3-5-7-11;1-3-5-4-2/h11-12,15H,2-10H2,1H3,(H,16,17);3-5H2,1-2H3/t12-;/m0./s1. The molecule has 0 amide bonds. The Morgan fingerprint density at radius 3 is 2.21 bits per heavy atom. The van der Waals surface area contributed by atoms with Gasteiger partial charge in [0.05, 0.1) is 13.2 Å². The minimum absolute atomic E-state index is 0.200. The van der Waals surface area contributed by atoms with Gasteiger partial charge in [0.15, 0.2) is 0 Å². The highest BCUT2D eigenvalue weighted by atomic mass is 16.5. The number of rotatable bonds is 10. The topological polar surface area (TPSA) is 75.6 Å². The van der Waals surface area contributed by atoms with Gasteiger partial charge in [0.25, 0.3) is 0 Å². The normalized spacial score (nSPS) is 16.0. The average Bonchev–Trinajstić information content (AvgIpc) is 2.57. The van der Waals surface area contributed by atoms with E-state index in [1.54, 1.807) is 6.92 Å². The summed E-state index contributed by atoms with van der Waals surface area (Å²) in [6, 6.07) is -0.488. The number of nitrogens with one attached hydrogen (secondary N) is 1. The summed E-state index contributed by atoms with van der Waals surface area (Å²) in [5.41, 5.74) is 0. The lowest BCUT2D eigenvalue weighted by Crippen LogP contribution is -2.41. The van der Waals surface area contributed by atoms with Crippen molar-refractivity contribution in [3.05, 3.63) is 0 Å². The van der Waals surface area contributed by atoms with E-state index in [9.17, 15) is 9.59 Å². The lowest BCUT2D eigenvalue weighted by molar-refractivity contribution is -0.146. The van der Waals surface area contributed by atoms with Crippen LogP contribution in [0, 0.1) is 5.92 Å². The number of carbonyl (C=O) groups excluding carboxylic acids is 1. The van der Waals surface area contributed by atoms with Crippen LogP contribution < -0.4 is 5.32 Å². The highest BCUT2D eigenvalue weighted by Crippen LogP contribution is 2.27. The first-order chi connectivity index (χ1) is 11.5. The van der Waals surface area contributed by atoms with Crippen LogP contribution in [0.3, 0.4) is 0 Å². The average molecular weight is 344 g/mol. The van der Waals surface area contributed by atoms with Gasteiger partial charge in [0.1, 0.15) is 6.04 Å². The number of unbranched alkanes of at least 4 members (excludes halogenated alkanes) is 2. The molecule has 0 radical (unpaired) electrons. The Bertz CT molecular complexity index is 325. The van der Waals surface area contributed by atoms with Crippen LogP contribution in [-0.4, -0.2) is 36.2 Å². The Hall–Kier alpha value is -1.10. The zero-order valence-electron chi connectivity index (χ0n) is 15.8. The number of carboxylic acids is 1. The summed E-state index contributed by atoms with van der Waals surface area (Å²) >= 11 is 0. The third-order valence-corrected chi connectivity index (χ3v) is 4.37. The third-order valence-electron chi connectivity index (χ3n) is 4.37. The zero-order valence-corrected chi connectivity index (χ0v) is 15.8. The monoisotopic (exact) mass is 343 g/mol. The summed E-state index contributed by atoms with van der Waals surface area (Å²) < 4.78 is 4.98. The minimum Gasteiger partial charge on any atom is -0.480 e. The van der Waals surface area contributed by atoms with Crippen molar-refractivity contribution in [3.8, 4) is 0 Å². The van der Waals surface area contributed by atoms with E-state index in [2.05, 4.69) is 19.2 Å². The van der Waals surface area contributed by atoms with Crippen molar-refractivity contribution in [2.75, 3.05) is 13.2 Å². The molecule has 1 saturated carbocycles.